The molecule has 110 valence electrons. The fourth-order valence-corrected chi connectivity index (χ4v) is 1.06. The van der Waals surface area contributed by atoms with Crippen molar-refractivity contribution < 1.29 is 19.4 Å². The Hall–Kier alpha value is -1.58. The molecule has 0 saturated carbocycles. The zero-order valence-electron chi connectivity index (χ0n) is 12.3. The summed E-state index contributed by atoms with van der Waals surface area (Å²) in [6.07, 6.45) is 5.79. The van der Waals surface area contributed by atoms with Gasteiger partial charge in [0.15, 0.2) is 0 Å². The normalized spacial score (nSPS) is 9.26. The SMILES string of the molecule is C=C(C)C(=O)O.C=CC(=O)OCCCCCC(C)C. The van der Waals surface area contributed by atoms with Crippen molar-refractivity contribution in [2.45, 2.75) is 46.5 Å². The van der Waals surface area contributed by atoms with Crippen LogP contribution in [-0.4, -0.2) is 23.7 Å². The van der Waals surface area contributed by atoms with Crippen LogP contribution in [0.15, 0.2) is 24.8 Å². The van der Waals surface area contributed by atoms with E-state index < -0.39 is 5.97 Å². The highest BCUT2D eigenvalue weighted by molar-refractivity contribution is 5.84. The highest BCUT2D eigenvalue weighted by Gasteiger charge is 1.96. The summed E-state index contributed by atoms with van der Waals surface area (Å²) in [7, 11) is 0. The minimum atomic E-state index is -0.935. The van der Waals surface area contributed by atoms with Gasteiger partial charge in [0, 0.05) is 11.6 Å². The van der Waals surface area contributed by atoms with Crippen LogP contribution in [-0.2, 0) is 14.3 Å². The molecule has 0 aromatic rings. The summed E-state index contributed by atoms with van der Waals surface area (Å²) in [5.74, 6) is -0.477. The maximum absolute atomic E-state index is 10.6. The topological polar surface area (TPSA) is 63.6 Å². The Bertz CT molecular complexity index is 281. The Balaban J connectivity index is 0. The largest absolute Gasteiger partial charge is 0.478 e. The third kappa shape index (κ3) is 19.0. The van der Waals surface area contributed by atoms with Crippen LogP contribution in [0.1, 0.15) is 46.5 Å². The average Bonchev–Trinajstić information content (AvgIpc) is 2.33. The second-order valence-corrected chi connectivity index (χ2v) is 4.70. The van der Waals surface area contributed by atoms with Gasteiger partial charge in [0.25, 0.3) is 0 Å². The molecule has 0 amide bonds. The number of aliphatic carboxylic acids is 1. The van der Waals surface area contributed by atoms with Gasteiger partial charge in [0.05, 0.1) is 6.61 Å². The predicted molar refractivity (Wildman–Crippen MR) is 76.9 cm³/mol. The Morgan fingerprint density at radius 1 is 1.26 bits per heavy atom. The first-order valence-electron chi connectivity index (χ1n) is 6.49. The molecule has 4 nitrogen and oxygen atoms in total. The summed E-state index contributed by atoms with van der Waals surface area (Å²) in [6.45, 7) is 12.9. The molecule has 0 fully saturated rings. The molecular formula is C15H26O4. The van der Waals surface area contributed by atoms with E-state index in [1.165, 1.54) is 25.8 Å². The lowest BCUT2D eigenvalue weighted by Crippen LogP contribution is -2.01. The molecule has 4 heteroatoms. The van der Waals surface area contributed by atoms with Gasteiger partial charge in [-0.1, -0.05) is 46.3 Å². The minimum absolute atomic E-state index is 0.176. The summed E-state index contributed by atoms with van der Waals surface area (Å²) in [4.78, 5) is 20.2. The number of hydrogen-bond donors (Lipinski definition) is 1. The molecule has 0 aliphatic heterocycles. The van der Waals surface area contributed by atoms with Crippen LogP contribution < -0.4 is 0 Å². The van der Waals surface area contributed by atoms with Crippen LogP contribution in [0.5, 0.6) is 0 Å². The third-order valence-corrected chi connectivity index (χ3v) is 2.20. The molecule has 0 aliphatic rings. The number of carboxylic acid groups (broad SMARTS) is 1. The Kier molecular flexibility index (Phi) is 13.4. The van der Waals surface area contributed by atoms with E-state index >= 15 is 0 Å². The smallest absolute Gasteiger partial charge is 0.330 e. The molecule has 0 atom stereocenters. The first kappa shape index (κ1) is 19.8. The average molecular weight is 270 g/mol. The molecule has 0 unspecified atom stereocenters. The van der Waals surface area contributed by atoms with Crippen molar-refractivity contribution in [2.24, 2.45) is 5.92 Å². The van der Waals surface area contributed by atoms with E-state index in [0.29, 0.717) is 6.61 Å². The zero-order valence-corrected chi connectivity index (χ0v) is 12.3. The van der Waals surface area contributed by atoms with Gasteiger partial charge in [0.2, 0.25) is 0 Å². The molecule has 0 saturated heterocycles. The van der Waals surface area contributed by atoms with Gasteiger partial charge >= 0.3 is 11.9 Å². The van der Waals surface area contributed by atoms with Crippen LogP contribution in [0, 0.1) is 5.92 Å². The van der Waals surface area contributed by atoms with E-state index in [4.69, 9.17) is 9.84 Å². The number of unbranched alkanes of at least 4 members (excludes halogenated alkanes) is 2. The van der Waals surface area contributed by atoms with E-state index in [1.54, 1.807) is 0 Å². The van der Waals surface area contributed by atoms with E-state index in [2.05, 4.69) is 27.0 Å². The van der Waals surface area contributed by atoms with Gasteiger partial charge in [0.1, 0.15) is 0 Å². The van der Waals surface area contributed by atoms with Crippen molar-refractivity contribution in [3.05, 3.63) is 24.8 Å². The van der Waals surface area contributed by atoms with Crippen molar-refractivity contribution in [1.82, 2.24) is 0 Å². The number of carboxylic acids is 1. The highest BCUT2D eigenvalue weighted by atomic mass is 16.5. The standard InChI is InChI=1S/C11H20O2.C4H6O2/c1-4-11(12)13-9-7-5-6-8-10(2)3;1-3(2)4(5)6/h4,10H,1,5-9H2,2-3H3;1H2,2H3,(H,5,6). The van der Waals surface area contributed by atoms with Gasteiger partial charge in [-0.2, -0.15) is 0 Å². The lowest BCUT2D eigenvalue weighted by Gasteiger charge is -2.04. The van der Waals surface area contributed by atoms with E-state index in [1.807, 2.05) is 0 Å². The summed E-state index contributed by atoms with van der Waals surface area (Å²) >= 11 is 0. The third-order valence-electron chi connectivity index (χ3n) is 2.20. The predicted octanol–water partition coefficient (Wildman–Crippen LogP) is 3.58. The van der Waals surface area contributed by atoms with Crippen LogP contribution in [0.4, 0.5) is 0 Å². The molecule has 0 aliphatic carbocycles. The molecule has 0 radical (unpaired) electrons. The maximum atomic E-state index is 10.6. The Labute approximate surface area is 116 Å². The van der Waals surface area contributed by atoms with Gasteiger partial charge in [-0.25, -0.2) is 9.59 Å². The molecular weight excluding hydrogens is 244 g/mol. The Morgan fingerprint density at radius 2 is 1.79 bits per heavy atom. The van der Waals surface area contributed by atoms with Crippen LogP contribution >= 0.6 is 0 Å². The number of hydrogen-bond acceptors (Lipinski definition) is 3. The van der Waals surface area contributed by atoms with Crippen molar-refractivity contribution in [1.29, 1.82) is 0 Å². The molecule has 0 spiro atoms. The lowest BCUT2D eigenvalue weighted by atomic mass is 10.1. The summed E-state index contributed by atoms with van der Waals surface area (Å²) in [6, 6.07) is 0. The number of ether oxygens (including phenoxy) is 1. The number of carbonyl (C=O) groups is 2. The molecule has 0 heterocycles. The maximum Gasteiger partial charge on any atom is 0.330 e. The van der Waals surface area contributed by atoms with Gasteiger partial charge in [-0.05, 0) is 19.3 Å². The first-order valence-corrected chi connectivity index (χ1v) is 6.49. The number of rotatable bonds is 8. The Morgan fingerprint density at radius 3 is 2.16 bits per heavy atom. The van der Waals surface area contributed by atoms with Gasteiger partial charge < -0.3 is 9.84 Å². The fraction of sp³-hybridized carbons (Fsp3) is 0.600. The van der Waals surface area contributed by atoms with Gasteiger partial charge in [-0.3, -0.25) is 0 Å². The molecule has 19 heavy (non-hydrogen) atoms. The molecule has 1 N–H and O–H groups in total. The summed E-state index contributed by atoms with van der Waals surface area (Å²) < 4.78 is 4.84. The summed E-state index contributed by atoms with van der Waals surface area (Å²) in [5, 5.41) is 7.89. The highest BCUT2D eigenvalue weighted by Crippen LogP contribution is 2.07. The molecule has 0 bridgehead atoms. The molecule has 0 rings (SSSR count). The van der Waals surface area contributed by atoms with E-state index in [-0.39, 0.29) is 11.5 Å². The van der Waals surface area contributed by atoms with Crippen LogP contribution in [0.3, 0.4) is 0 Å². The quantitative estimate of drug-likeness (QED) is 0.416. The second kappa shape index (κ2) is 12.9. The number of esters is 1. The van der Waals surface area contributed by atoms with Crippen molar-refractivity contribution in [2.75, 3.05) is 6.61 Å². The van der Waals surface area contributed by atoms with Crippen molar-refractivity contribution in [3.63, 3.8) is 0 Å². The van der Waals surface area contributed by atoms with Crippen LogP contribution in [0.25, 0.3) is 0 Å². The fourth-order valence-electron chi connectivity index (χ4n) is 1.06. The molecule has 0 aromatic carbocycles. The monoisotopic (exact) mass is 270 g/mol. The summed E-state index contributed by atoms with van der Waals surface area (Å²) in [5.41, 5.74) is 0.176. The van der Waals surface area contributed by atoms with E-state index in [9.17, 15) is 9.59 Å². The number of carbonyl (C=O) groups excluding carboxylic acids is 1. The van der Waals surface area contributed by atoms with Crippen LogP contribution in [0.2, 0.25) is 0 Å². The second-order valence-electron chi connectivity index (χ2n) is 4.70. The van der Waals surface area contributed by atoms with Gasteiger partial charge in [-0.15, -0.1) is 0 Å². The van der Waals surface area contributed by atoms with Crippen molar-refractivity contribution in [3.8, 4) is 0 Å². The molecule has 0 aromatic heterocycles. The van der Waals surface area contributed by atoms with E-state index in [0.717, 1.165) is 18.8 Å². The first-order chi connectivity index (χ1) is 8.81. The zero-order chi connectivity index (χ0) is 15.3. The lowest BCUT2D eigenvalue weighted by molar-refractivity contribution is -0.138. The van der Waals surface area contributed by atoms with Crippen molar-refractivity contribution >= 4 is 11.9 Å². The minimum Gasteiger partial charge on any atom is -0.478 e.